The molecule has 2 N–H and O–H groups in total. The molecule has 1 aromatic heterocycles. The summed E-state index contributed by atoms with van der Waals surface area (Å²) in [6.07, 6.45) is 5.40. The summed E-state index contributed by atoms with van der Waals surface area (Å²) in [6, 6.07) is 3.69. The molecule has 0 spiro atoms. The summed E-state index contributed by atoms with van der Waals surface area (Å²) in [6.45, 7) is 0.900. The molecule has 0 atom stereocenters. The number of nitrogens with zero attached hydrogens (tertiary/aromatic N) is 2. The molecule has 1 heterocycles. The molecule has 1 saturated carbocycles. The second kappa shape index (κ2) is 5.57. The van der Waals surface area contributed by atoms with E-state index in [-0.39, 0.29) is 11.4 Å². The van der Waals surface area contributed by atoms with Gasteiger partial charge >= 0.3 is 0 Å². The maximum absolute atomic E-state index is 11.5. The first-order valence-corrected chi connectivity index (χ1v) is 6.67. The van der Waals surface area contributed by atoms with Crippen LogP contribution in [-0.2, 0) is 0 Å². The Kier molecular flexibility index (Phi) is 4.04. The zero-order chi connectivity index (χ0) is 13.9. The molecule has 19 heavy (non-hydrogen) atoms. The van der Waals surface area contributed by atoms with Gasteiger partial charge < -0.3 is 15.5 Å². The smallest absolute Gasteiger partial charge is 0.269 e. The van der Waals surface area contributed by atoms with Crippen molar-refractivity contribution < 1.29 is 4.79 Å². The minimum absolute atomic E-state index is 0.158. The number of amides is 1. The lowest BCUT2D eigenvalue weighted by Gasteiger charge is -2.47. The lowest BCUT2D eigenvalue weighted by molar-refractivity contribution is 0.0739. The summed E-state index contributed by atoms with van der Waals surface area (Å²) in [5.41, 5.74) is 1.65. The maximum atomic E-state index is 11.5. The second-order valence-electron chi connectivity index (χ2n) is 5.33. The molecule has 1 aliphatic rings. The highest BCUT2D eigenvalue weighted by atomic mass is 16.1. The zero-order valence-corrected chi connectivity index (χ0v) is 11.9. The quantitative estimate of drug-likeness (QED) is 0.840. The molecular formula is C14H22N4O. The first kappa shape index (κ1) is 13.8. The predicted molar refractivity (Wildman–Crippen MR) is 76.4 cm³/mol. The van der Waals surface area contributed by atoms with E-state index in [9.17, 15) is 4.79 Å². The third kappa shape index (κ3) is 2.87. The number of rotatable bonds is 5. The highest BCUT2D eigenvalue weighted by Crippen LogP contribution is 2.36. The molecule has 1 amide bonds. The minimum atomic E-state index is -0.158. The van der Waals surface area contributed by atoms with Crippen molar-refractivity contribution in [2.45, 2.75) is 24.8 Å². The first-order valence-electron chi connectivity index (χ1n) is 6.67. The Bertz CT molecular complexity index is 455. The fourth-order valence-corrected chi connectivity index (χ4v) is 2.43. The molecule has 1 aliphatic carbocycles. The summed E-state index contributed by atoms with van der Waals surface area (Å²) >= 11 is 0. The van der Waals surface area contributed by atoms with E-state index >= 15 is 0 Å². The van der Waals surface area contributed by atoms with Crippen LogP contribution in [0.2, 0.25) is 0 Å². The van der Waals surface area contributed by atoms with Gasteiger partial charge in [-0.1, -0.05) is 0 Å². The van der Waals surface area contributed by atoms with Gasteiger partial charge in [0.25, 0.3) is 5.91 Å². The van der Waals surface area contributed by atoms with Crippen LogP contribution in [0.25, 0.3) is 0 Å². The minimum Gasteiger partial charge on any atom is -0.383 e. The normalized spacial score (nSPS) is 16.8. The van der Waals surface area contributed by atoms with E-state index in [4.69, 9.17) is 0 Å². The molecule has 0 unspecified atom stereocenters. The van der Waals surface area contributed by atoms with Gasteiger partial charge in [-0.15, -0.1) is 0 Å². The van der Waals surface area contributed by atoms with E-state index in [2.05, 4.69) is 34.6 Å². The van der Waals surface area contributed by atoms with Crippen LogP contribution in [-0.4, -0.2) is 49.0 Å². The average molecular weight is 262 g/mol. The monoisotopic (exact) mass is 262 g/mol. The molecule has 0 aromatic carbocycles. The van der Waals surface area contributed by atoms with Gasteiger partial charge in [0, 0.05) is 31.0 Å². The van der Waals surface area contributed by atoms with Crippen LogP contribution in [0.5, 0.6) is 0 Å². The van der Waals surface area contributed by atoms with Crippen LogP contribution in [0.15, 0.2) is 18.3 Å². The van der Waals surface area contributed by atoms with Crippen molar-refractivity contribution in [1.29, 1.82) is 0 Å². The van der Waals surface area contributed by atoms with Crippen molar-refractivity contribution in [1.82, 2.24) is 15.2 Å². The fourth-order valence-electron chi connectivity index (χ4n) is 2.43. The number of carbonyl (C=O) groups excluding carboxylic acids is 1. The van der Waals surface area contributed by atoms with Gasteiger partial charge in [-0.2, -0.15) is 0 Å². The molecule has 0 aliphatic heterocycles. The molecule has 1 fully saturated rings. The van der Waals surface area contributed by atoms with Gasteiger partial charge in [0.05, 0.1) is 0 Å². The van der Waals surface area contributed by atoms with Crippen molar-refractivity contribution in [2.75, 3.05) is 33.0 Å². The van der Waals surface area contributed by atoms with Gasteiger partial charge in [0.15, 0.2) is 0 Å². The van der Waals surface area contributed by atoms with Crippen molar-refractivity contribution >= 4 is 11.6 Å². The molecule has 0 bridgehead atoms. The predicted octanol–water partition coefficient (Wildman–Crippen LogP) is 1.34. The number of hydrogen-bond donors (Lipinski definition) is 2. The SMILES string of the molecule is CNC(=O)c1cc(NCC2(N(C)C)CCC2)ccn1. The average Bonchev–Trinajstić information content (AvgIpc) is 2.36. The van der Waals surface area contributed by atoms with Gasteiger partial charge in [0.1, 0.15) is 5.69 Å². The Morgan fingerprint density at radius 2 is 2.21 bits per heavy atom. The highest BCUT2D eigenvalue weighted by molar-refractivity contribution is 5.92. The molecule has 5 nitrogen and oxygen atoms in total. The van der Waals surface area contributed by atoms with E-state index in [1.54, 1.807) is 19.3 Å². The largest absolute Gasteiger partial charge is 0.383 e. The van der Waals surface area contributed by atoms with Gasteiger partial charge in [-0.05, 0) is 45.5 Å². The van der Waals surface area contributed by atoms with Crippen LogP contribution in [0, 0.1) is 0 Å². The molecule has 0 radical (unpaired) electrons. The van der Waals surface area contributed by atoms with Crippen LogP contribution < -0.4 is 10.6 Å². The molecule has 2 rings (SSSR count). The number of likely N-dealkylation sites (N-methyl/N-ethyl adjacent to an activating group) is 1. The third-order valence-electron chi connectivity index (χ3n) is 4.07. The zero-order valence-electron chi connectivity index (χ0n) is 11.9. The third-order valence-corrected chi connectivity index (χ3v) is 4.07. The summed E-state index contributed by atoms with van der Waals surface area (Å²) in [4.78, 5) is 17.9. The topological polar surface area (TPSA) is 57.3 Å². The van der Waals surface area contributed by atoms with E-state index in [1.807, 2.05) is 6.07 Å². The molecule has 104 valence electrons. The van der Waals surface area contributed by atoms with Crippen LogP contribution in [0.1, 0.15) is 29.8 Å². The number of aromatic nitrogens is 1. The number of hydrogen-bond acceptors (Lipinski definition) is 4. The molecule has 0 saturated heterocycles. The van der Waals surface area contributed by atoms with E-state index < -0.39 is 0 Å². The van der Waals surface area contributed by atoms with E-state index in [0.29, 0.717) is 5.69 Å². The van der Waals surface area contributed by atoms with Crippen molar-refractivity contribution in [3.8, 4) is 0 Å². The first-order chi connectivity index (χ1) is 9.07. The standard InChI is InChI=1S/C14H22N4O/c1-15-13(19)12-9-11(5-8-16-12)17-10-14(18(2)3)6-4-7-14/h5,8-9H,4,6-7,10H2,1-3H3,(H,15,19)(H,16,17). The Balaban J connectivity index is 2.01. The summed E-state index contributed by atoms with van der Waals surface area (Å²) < 4.78 is 0. The summed E-state index contributed by atoms with van der Waals surface area (Å²) in [5.74, 6) is -0.158. The van der Waals surface area contributed by atoms with Crippen molar-refractivity contribution in [3.05, 3.63) is 24.0 Å². The van der Waals surface area contributed by atoms with E-state index in [1.165, 1.54) is 19.3 Å². The lowest BCUT2D eigenvalue weighted by Crippen LogP contribution is -2.54. The van der Waals surface area contributed by atoms with Crippen molar-refractivity contribution in [3.63, 3.8) is 0 Å². The van der Waals surface area contributed by atoms with Crippen LogP contribution in [0.4, 0.5) is 5.69 Å². The van der Waals surface area contributed by atoms with Crippen molar-refractivity contribution in [2.24, 2.45) is 0 Å². The molecule has 1 aromatic rings. The number of carbonyl (C=O) groups is 1. The van der Waals surface area contributed by atoms with E-state index in [0.717, 1.165) is 12.2 Å². The Labute approximate surface area is 114 Å². The Morgan fingerprint density at radius 1 is 1.47 bits per heavy atom. The van der Waals surface area contributed by atoms with Gasteiger partial charge in [-0.3, -0.25) is 9.78 Å². The Hall–Kier alpha value is -1.62. The molecular weight excluding hydrogens is 240 g/mol. The number of anilines is 1. The Morgan fingerprint density at radius 3 is 2.74 bits per heavy atom. The number of nitrogens with one attached hydrogen (secondary N) is 2. The summed E-state index contributed by atoms with van der Waals surface area (Å²) in [7, 11) is 5.87. The number of pyridine rings is 1. The lowest BCUT2D eigenvalue weighted by atomic mass is 9.75. The highest BCUT2D eigenvalue weighted by Gasteiger charge is 2.38. The van der Waals surface area contributed by atoms with Gasteiger partial charge in [-0.25, -0.2) is 0 Å². The maximum Gasteiger partial charge on any atom is 0.269 e. The van der Waals surface area contributed by atoms with Crippen LogP contribution in [0.3, 0.4) is 0 Å². The fraction of sp³-hybridized carbons (Fsp3) is 0.571. The summed E-state index contributed by atoms with van der Waals surface area (Å²) in [5, 5.41) is 6.01. The molecule has 5 heteroatoms. The second-order valence-corrected chi connectivity index (χ2v) is 5.33. The van der Waals surface area contributed by atoms with Crippen LogP contribution >= 0.6 is 0 Å². The van der Waals surface area contributed by atoms with Gasteiger partial charge in [0.2, 0.25) is 0 Å².